The fourth-order valence-electron chi connectivity index (χ4n) is 2.88. The van der Waals surface area contributed by atoms with Crippen molar-refractivity contribution in [3.8, 4) is 5.75 Å². The fraction of sp³-hybridized carbons (Fsp3) is 0.588. The molecule has 0 bridgehead atoms. The van der Waals surface area contributed by atoms with E-state index in [9.17, 15) is 0 Å². The highest BCUT2D eigenvalue weighted by Crippen LogP contribution is 2.42. The predicted molar refractivity (Wildman–Crippen MR) is 88.2 cm³/mol. The highest BCUT2D eigenvalue weighted by molar-refractivity contribution is 6.69. The highest BCUT2D eigenvalue weighted by atomic mass is 35.5. The number of aryl methyl sites for hydroxylation is 1. The topological polar surface area (TPSA) is 51.0 Å². The van der Waals surface area contributed by atoms with Gasteiger partial charge < -0.3 is 14.7 Å². The first-order valence-corrected chi connectivity index (χ1v) is 7.83. The first-order chi connectivity index (χ1) is 10.2. The number of hydrogen-bond acceptors (Lipinski definition) is 4. The molecule has 0 unspecified atom stereocenters. The minimum Gasteiger partial charge on any atom is -0.487 e. The molecular formula is C17H24ClNO3. The van der Waals surface area contributed by atoms with Gasteiger partial charge in [0, 0.05) is 12.7 Å². The van der Waals surface area contributed by atoms with Gasteiger partial charge in [0.1, 0.15) is 17.5 Å². The zero-order valence-corrected chi connectivity index (χ0v) is 14.6. The van der Waals surface area contributed by atoms with Crippen LogP contribution in [0.15, 0.2) is 23.4 Å². The van der Waals surface area contributed by atoms with E-state index in [0.717, 1.165) is 24.2 Å². The molecule has 2 atom stereocenters. The summed E-state index contributed by atoms with van der Waals surface area (Å²) in [5.41, 5.74) is 1.34. The van der Waals surface area contributed by atoms with Crippen molar-refractivity contribution >= 4 is 16.8 Å². The number of methoxy groups -OCH3 is 1. The third kappa shape index (κ3) is 2.95. The summed E-state index contributed by atoms with van der Waals surface area (Å²) in [5, 5.41) is 11.9. The third-order valence-corrected chi connectivity index (χ3v) is 5.15. The van der Waals surface area contributed by atoms with Crippen molar-refractivity contribution in [3.05, 3.63) is 29.3 Å². The molecule has 122 valence electrons. The van der Waals surface area contributed by atoms with Crippen LogP contribution in [0.3, 0.4) is 0 Å². The second-order valence-electron chi connectivity index (χ2n) is 6.92. The Labute approximate surface area is 137 Å². The van der Waals surface area contributed by atoms with E-state index >= 15 is 0 Å². The largest absolute Gasteiger partial charge is 0.487 e. The average Bonchev–Trinajstić information content (AvgIpc) is 2.51. The lowest BCUT2D eigenvalue weighted by molar-refractivity contribution is -0.147. The van der Waals surface area contributed by atoms with Crippen molar-refractivity contribution in [2.75, 3.05) is 7.11 Å². The van der Waals surface area contributed by atoms with Gasteiger partial charge in [0.15, 0.2) is 5.17 Å². The van der Waals surface area contributed by atoms with Crippen molar-refractivity contribution in [1.29, 1.82) is 0 Å². The van der Waals surface area contributed by atoms with Crippen LogP contribution in [0.4, 0.5) is 0 Å². The summed E-state index contributed by atoms with van der Waals surface area (Å²) in [6, 6.07) is 5.59. The minimum atomic E-state index is -0.381. The molecular weight excluding hydrogens is 302 g/mol. The number of nitrogens with zero attached hydrogens (tertiary/aromatic N) is 1. The lowest BCUT2D eigenvalue weighted by Gasteiger charge is -2.47. The summed E-state index contributed by atoms with van der Waals surface area (Å²) in [5.74, 6) is 0.843. The van der Waals surface area contributed by atoms with Crippen LogP contribution in [0.2, 0.25) is 0 Å². The van der Waals surface area contributed by atoms with Gasteiger partial charge in [-0.25, -0.2) is 0 Å². The van der Waals surface area contributed by atoms with Crippen molar-refractivity contribution in [3.63, 3.8) is 0 Å². The molecule has 0 saturated heterocycles. The van der Waals surface area contributed by atoms with Crippen LogP contribution in [0.5, 0.6) is 5.75 Å². The standard InChI is InChI=1S/C17H24ClNO3/c1-16(2,3)17(4,21-5)14-9-7-11-10-12(15(18)19-20)6-8-13(11)22-14/h6,8,10,14,20H,7,9H2,1-5H3/b19-15-/t14-,17+/m1/s1. The zero-order chi connectivity index (χ0) is 16.5. The number of benzene rings is 1. The van der Waals surface area contributed by atoms with E-state index in [1.165, 1.54) is 0 Å². The summed E-state index contributed by atoms with van der Waals surface area (Å²) in [4.78, 5) is 0. The van der Waals surface area contributed by atoms with Crippen LogP contribution in [-0.4, -0.2) is 29.2 Å². The van der Waals surface area contributed by atoms with Crippen molar-refractivity contribution < 1.29 is 14.7 Å². The smallest absolute Gasteiger partial charge is 0.175 e. The summed E-state index contributed by atoms with van der Waals surface area (Å²) in [6.07, 6.45) is 1.72. The summed E-state index contributed by atoms with van der Waals surface area (Å²) in [7, 11) is 1.74. The quantitative estimate of drug-likeness (QED) is 0.514. The van der Waals surface area contributed by atoms with Crippen LogP contribution >= 0.6 is 11.6 Å². The van der Waals surface area contributed by atoms with Crippen LogP contribution < -0.4 is 4.74 Å². The SMILES string of the molecule is CO[C@@](C)([C@H]1CCc2cc(/C(Cl)=N/O)ccc2O1)C(C)(C)C. The monoisotopic (exact) mass is 325 g/mol. The first-order valence-electron chi connectivity index (χ1n) is 7.45. The summed E-state index contributed by atoms with van der Waals surface area (Å²) >= 11 is 5.86. The van der Waals surface area contributed by atoms with Gasteiger partial charge in [-0.15, -0.1) is 0 Å². The molecule has 4 nitrogen and oxygen atoms in total. The Hall–Kier alpha value is -1.26. The van der Waals surface area contributed by atoms with E-state index in [1.807, 2.05) is 12.1 Å². The Morgan fingerprint density at radius 2 is 2.05 bits per heavy atom. The number of ether oxygens (including phenoxy) is 2. The molecule has 22 heavy (non-hydrogen) atoms. The summed E-state index contributed by atoms with van der Waals surface area (Å²) in [6.45, 7) is 8.59. The molecule has 0 saturated carbocycles. The molecule has 1 aliphatic rings. The normalized spacial score (nSPS) is 21.7. The molecule has 1 aliphatic heterocycles. The van der Waals surface area contributed by atoms with Gasteiger partial charge in [0.25, 0.3) is 0 Å². The van der Waals surface area contributed by atoms with Crippen LogP contribution in [-0.2, 0) is 11.2 Å². The van der Waals surface area contributed by atoms with Gasteiger partial charge >= 0.3 is 0 Å². The van der Waals surface area contributed by atoms with Gasteiger partial charge in [0.05, 0.1) is 0 Å². The predicted octanol–water partition coefficient (Wildman–Crippen LogP) is 4.21. The van der Waals surface area contributed by atoms with E-state index in [1.54, 1.807) is 13.2 Å². The van der Waals surface area contributed by atoms with Crippen molar-refractivity contribution in [1.82, 2.24) is 0 Å². The molecule has 0 radical (unpaired) electrons. The Kier molecular flexibility index (Phi) is 4.73. The maximum Gasteiger partial charge on any atom is 0.175 e. The second-order valence-corrected chi connectivity index (χ2v) is 7.28. The lowest BCUT2D eigenvalue weighted by atomic mass is 9.72. The molecule has 1 aromatic carbocycles. The number of rotatable bonds is 3. The van der Waals surface area contributed by atoms with Crippen LogP contribution in [0, 0.1) is 5.41 Å². The third-order valence-electron chi connectivity index (χ3n) is 4.86. The molecule has 0 aliphatic carbocycles. The molecule has 0 spiro atoms. The molecule has 0 amide bonds. The minimum absolute atomic E-state index is 0.0159. The van der Waals surface area contributed by atoms with E-state index in [0.29, 0.717) is 5.56 Å². The van der Waals surface area contributed by atoms with Gasteiger partial charge in [-0.2, -0.15) is 0 Å². The molecule has 1 heterocycles. The van der Waals surface area contributed by atoms with E-state index in [4.69, 9.17) is 26.3 Å². The number of hydrogen-bond donors (Lipinski definition) is 1. The van der Waals surface area contributed by atoms with Crippen molar-refractivity contribution in [2.45, 2.75) is 52.2 Å². The van der Waals surface area contributed by atoms with Gasteiger partial charge in [0.2, 0.25) is 0 Å². The van der Waals surface area contributed by atoms with Gasteiger partial charge in [-0.3, -0.25) is 0 Å². The zero-order valence-electron chi connectivity index (χ0n) is 13.8. The Morgan fingerprint density at radius 1 is 1.36 bits per heavy atom. The average molecular weight is 326 g/mol. The molecule has 5 heteroatoms. The molecule has 2 rings (SSSR count). The molecule has 0 fully saturated rings. The Balaban J connectivity index is 2.29. The number of oxime groups is 1. The Morgan fingerprint density at radius 3 is 2.59 bits per heavy atom. The lowest BCUT2D eigenvalue weighted by Crippen LogP contribution is -2.55. The summed E-state index contributed by atoms with van der Waals surface area (Å²) < 4.78 is 12.1. The number of fused-ring (bicyclic) bond motifs is 1. The van der Waals surface area contributed by atoms with Crippen molar-refractivity contribution in [2.24, 2.45) is 10.6 Å². The second kappa shape index (κ2) is 6.09. The van der Waals surface area contributed by atoms with Gasteiger partial charge in [-0.1, -0.05) is 37.5 Å². The molecule has 0 aromatic heterocycles. The van der Waals surface area contributed by atoms with E-state index < -0.39 is 0 Å². The molecule has 1 N–H and O–H groups in total. The van der Waals surface area contributed by atoms with Gasteiger partial charge in [-0.05, 0) is 48.9 Å². The maximum absolute atomic E-state index is 8.77. The first kappa shape index (κ1) is 17.1. The maximum atomic E-state index is 8.77. The fourth-order valence-corrected chi connectivity index (χ4v) is 3.00. The number of halogens is 1. The van der Waals surface area contributed by atoms with E-state index in [-0.39, 0.29) is 22.3 Å². The Bertz CT molecular complexity index is 580. The highest BCUT2D eigenvalue weighted by Gasteiger charge is 2.47. The van der Waals surface area contributed by atoms with Crippen LogP contribution in [0.25, 0.3) is 0 Å². The molecule has 1 aromatic rings. The van der Waals surface area contributed by atoms with Crippen LogP contribution in [0.1, 0.15) is 45.2 Å². The van der Waals surface area contributed by atoms with E-state index in [2.05, 4.69) is 32.9 Å².